The fourth-order valence-corrected chi connectivity index (χ4v) is 15.7. The number of hydrogen-bond donors (Lipinski definition) is 0. The molecule has 0 saturated carbocycles. The molecule has 0 N–H and O–H groups in total. The largest absolute Gasteiger partial charge is 0.276 e. The summed E-state index contributed by atoms with van der Waals surface area (Å²) < 4.78 is 0. The first-order valence-electron chi connectivity index (χ1n) is 15.0. The summed E-state index contributed by atoms with van der Waals surface area (Å²) >= 11 is 0. The minimum absolute atomic E-state index is 0.0979. The van der Waals surface area contributed by atoms with Gasteiger partial charge in [0.25, 0.3) is 16.1 Å². The number of hydrogen-bond acceptors (Lipinski definition) is 0. The van der Waals surface area contributed by atoms with Crippen LogP contribution in [0, 0.1) is 44.8 Å². The highest BCUT2D eigenvalue weighted by Crippen LogP contribution is 2.49. The molecule has 0 nitrogen and oxygen atoms in total. The molecule has 0 atom stereocenters. The third-order valence-electron chi connectivity index (χ3n) is 7.59. The molecule has 0 aromatic heterocycles. The highest BCUT2D eigenvalue weighted by Gasteiger charge is 2.39. The van der Waals surface area contributed by atoms with E-state index in [9.17, 15) is 0 Å². The Bertz CT molecular complexity index is 1570. The van der Waals surface area contributed by atoms with Crippen molar-refractivity contribution in [3.8, 4) is 44.8 Å². The summed E-state index contributed by atoms with van der Waals surface area (Å²) in [5, 5.41) is 4.67. The van der Waals surface area contributed by atoms with Crippen LogP contribution in [0.2, 0.25) is 0 Å². The standard InChI is InChI=1S/C40H38P2Si2/c1-39(2,3)41-27-31-43(35-19-11-7-12-20-35,36-21-13-8-14-22-36)33-29-42(40(4,5)6)30-34-44(32-28-41,37-23-15-9-16-24-37)38-25-17-10-18-26-38/h7-26H,1-6H3. The topological polar surface area (TPSA) is 0 Å². The van der Waals surface area contributed by atoms with Crippen LogP contribution in [0.15, 0.2) is 121 Å². The SMILES string of the molecule is CC(C)(C)P1C#C[Si](c2ccccc2)(c2ccccc2)C#CP(C(C)(C)C)C#C[Si](c2ccccc2)(c2ccccc2)C#C1. The second-order valence-electron chi connectivity index (χ2n) is 12.9. The number of benzene rings is 4. The Hall–Kier alpha value is -3.59. The molecular weight excluding hydrogens is 599 g/mol. The first-order valence-corrected chi connectivity index (χ1v) is 21.7. The van der Waals surface area contributed by atoms with Crippen molar-refractivity contribution < 1.29 is 0 Å². The molecule has 4 aromatic rings. The molecule has 0 fully saturated rings. The Morgan fingerprint density at radius 1 is 0.364 bits per heavy atom. The Morgan fingerprint density at radius 3 is 0.750 bits per heavy atom. The summed E-state index contributed by atoms with van der Waals surface area (Å²) in [6.45, 7) is 13.6. The molecule has 0 amide bonds. The molecular formula is C40H38P2Si2. The molecule has 4 aromatic carbocycles. The van der Waals surface area contributed by atoms with Crippen LogP contribution in [0.5, 0.6) is 0 Å². The average molecular weight is 637 g/mol. The van der Waals surface area contributed by atoms with Crippen LogP contribution in [0.3, 0.4) is 0 Å². The van der Waals surface area contributed by atoms with E-state index < -0.39 is 32.0 Å². The number of rotatable bonds is 4. The van der Waals surface area contributed by atoms with Gasteiger partial charge in [0.15, 0.2) is 0 Å². The van der Waals surface area contributed by atoms with E-state index in [1.165, 1.54) is 20.7 Å². The molecule has 0 spiro atoms. The van der Waals surface area contributed by atoms with Gasteiger partial charge in [-0.25, -0.2) is 0 Å². The van der Waals surface area contributed by atoms with Crippen molar-refractivity contribution in [2.45, 2.75) is 51.9 Å². The van der Waals surface area contributed by atoms with Gasteiger partial charge in [0.2, 0.25) is 0 Å². The van der Waals surface area contributed by atoms with Gasteiger partial charge in [0.1, 0.15) is 0 Å². The summed E-state index contributed by atoms with van der Waals surface area (Å²) in [7, 11) is -7.66. The molecule has 0 aliphatic carbocycles. The van der Waals surface area contributed by atoms with E-state index in [-0.39, 0.29) is 10.3 Å². The van der Waals surface area contributed by atoms with Crippen molar-refractivity contribution in [1.29, 1.82) is 0 Å². The van der Waals surface area contributed by atoms with E-state index in [2.05, 4.69) is 208 Å². The first kappa shape index (κ1) is 31.8. The predicted octanol–water partition coefficient (Wildman–Crippen LogP) is 7.09. The van der Waals surface area contributed by atoms with Crippen molar-refractivity contribution in [3.05, 3.63) is 121 Å². The molecule has 4 heteroatoms. The van der Waals surface area contributed by atoms with Crippen LogP contribution >= 0.6 is 15.8 Å². The molecule has 1 aliphatic rings. The van der Waals surface area contributed by atoms with Gasteiger partial charge >= 0.3 is 0 Å². The summed E-state index contributed by atoms with van der Waals surface area (Å²) in [5.74, 6) is 0. The lowest BCUT2D eigenvalue weighted by molar-refractivity contribution is 0.794. The van der Waals surface area contributed by atoms with Crippen LogP contribution < -0.4 is 20.7 Å². The smallest absolute Gasteiger partial charge is 0.0987 e. The quantitative estimate of drug-likeness (QED) is 0.128. The van der Waals surface area contributed by atoms with E-state index in [1.807, 2.05) is 0 Å². The Balaban J connectivity index is 1.89. The van der Waals surface area contributed by atoms with Gasteiger partial charge in [-0.15, -0.1) is 0 Å². The summed E-state index contributed by atoms with van der Waals surface area (Å²) in [6.07, 6.45) is 0. The molecule has 0 radical (unpaired) electrons. The Morgan fingerprint density at radius 2 is 0.568 bits per heavy atom. The lowest BCUT2D eigenvalue weighted by atomic mass is 10.3. The highest BCUT2D eigenvalue weighted by molar-refractivity contribution is 7.70. The molecule has 5 rings (SSSR count). The van der Waals surface area contributed by atoms with Crippen LogP contribution in [-0.2, 0) is 0 Å². The van der Waals surface area contributed by atoms with E-state index in [0.29, 0.717) is 0 Å². The average Bonchev–Trinajstić information content (AvgIpc) is 3.02. The van der Waals surface area contributed by atoms with Gasteiger partial charge in [-0.05, 0) is 20.7 Å². The second kappa shape index (κ2) is 13.2. The fourth-order valence-electron chi connectivity index (χ4n) is 5.01. The van der Waals surface area contributed by atoms with E-state index >= 15 is 0 Å². The van der Waals surface area contributed by atoms with Crippen molar-refractivity contribution >= 4 is 52.7 Å². The van der Waals surface area contributed by atoms with Gasteiger partial charge in [0.05, 0.1) is 15.8 Å². The lowest BCUT2D eigenvalue weighted by Gasteiger charge is -2.27. The molecule has 1 aliphatic heterocycles. The van der Waals surface area contributed by atoms with Crippen molar-refractivity contribution in [2.24, 2.45) is 0 Å². The first-order chi connectivity index (χ1) is 21.0. The maximum Gasteiger partial charge on any atom is 0.276 e. The van der Waals surface area contributed by atoms with Crippen molar-refractivity contribution in [1.82, 2.24) is 0 Å². The monoisotopic (exact) mass is 636 g/mol. The zero-order valence-corrected chi connectivity index (χ0v) is 30.2. The Labute approximate surface area is 269 Å². The van der Waals surface area contributed by atoms with E-state index in [0.717, 1.165) is 0 Å². The Kier molecular flexibility index (Phi) is 9.54. The molecule has 0 saturated heterocycles. The zero-order valence-electron chi connectivity index (χ0n) is 26.4. The van der Waals surface area contributed by atoms with Crippen LogP contribution in [0.1, 0.15) is 41.5 Å². The van der Waals surface area contributed by atoms with E-state index in [4.69, 9.17) is 0 Å². The molecule has 0 bridgehead atoms. The van der Waals surface area contributed by atoms with Gasteiger partial charge in [0, 0.05) is 10.3 Å². The van der Waals surface area contributed by atoms with E-state index in [1.54, 1.807) is 0 Å². The van der Waals surface area contributed by atoms with Gasteiger partial charge < -0.3 is 0 Å². The zero-order chi connectivity index (χ0) is 31.3. The fraction of sp³-hybridized carbons (Fsp3) is 0.200. The van der Waals surface area contributed by atoms with Crippen molar-refractivity contribution in [2.75, 3.05) is 0 Å². The van der Waals surface area contributed by atoms with Gasteiger partial charge in [-0.2, -0.15) is 0 Å². The third-order valence-corrected chi connectivity index (χ3v) is 19.3. The van der Waals surface area contributed by atoms with Crippen LogP contribution in [0.4, 0.5) is 0 Å². The molecule has 0 unspecified atom stereocenters. The van der Waals surface area contributed by atoms with Gasteiger partial charge in [-0.1, -0.05) is 208 Å². The maximum absolute atomic E-state index is 3.94. The molecule has 216 valence electrons. The van der Waals surface area contributed by atoms with Crippen LogP contribution in [0.25, 0.3) is 0 Å². The predicted molar refractivity (Wildman–Crippen MR) is 200 cm³/mol. The molecule has 44 heavy (non-hydrogen) atoms. The second-order valence-corrected chi connectivity index (χ2v) is 24.2. The van der Waals surface area contributed by atoms with Crippen molar-refractivity contribution in [3.63, 3.8) is 0 Å². The van der Waals surface area contributed by atoms with Crippen LogP contribution in [-0.4, -0.2) is 26.5 Å². The minimum Gasteiger partial charge on any atom is -0.0987 e. The summed E-state index contributed by atoms with van der Waals surface area (Å²) in [5.41, 5.74) is 31.1. The lowest BCUT2D eigenvalue weighted by Crippen LogP contribution is -2.57. The third kappa shape index (κ3) is 6.88. The molecule has 1 heterocycles. The normalized spacial score (nSPS) is 18.6. The highest BCUT2D eigenvalue weighted by atomic mass is 31.1. The summed E-state index contributed by atoms with van der Waals surface area (Å²) in [4.78, 5) is 0. The van der Waals surface area contributed by atoms with Gasteiger partial charge in [-0.3, -0.25) is 0 Å². The minimum atomic E-state index is -2.83. The maximum atomic E-state index is 3.94. The summed E-state index contributed by atoms with van der Waals surface area (Å²) in [6, 6.07) is 43.0.